The van der Waals surface area contributed by atoms with Gasteiger partial charge in [0.05, 0.1) is 5.69 Å². The van der Waals surface area contributed by atoms with Gasteiger partial charge < -0.3 is 10.1 Å². The summed E-state index contributed by atoms with van der Waals surface area (Å²) in [5.41, 5.74) is 1.84. The van der Waals surface area contributed by atoms with Crippen molar-refractivity contribution in [2.45, 2.75) is 6.61 Å². The van der Waals surface area contributed by atoms with Gasteiger partial charge in [-0.05, 0) is 17.7 Å². The van der Waals surface area contributed by atoms with Crippen LogP contribution in [0.3, 0.4) is 0 Å². The number of ketones is 1. The van der Waals surface area contributed by atoms with Gasteiger partial charge in [-0.15, -0.1) is 0 Å². The van der Waals surface area contributed by atoms with E-state index in [-0.39, 0.29) is 30.2 Å². The number of carbonyl (C=O) groups is 3. The summed E-state index contributed by atoms with van der Waals surface area (Å²) >= 11 is 0. The van der Waals surface area contributed by atoms with Crippen LogP contribution in [-0.4, -0.2) is 24.3 Å². The first kappa shape index (κ1) is 20.8. The minimum Gasteiger partial charge on any atom is -0.445 e. The van der Waals surface area contributed by atoms with Gasteiger partial charge in [0.2, 0.25) is 0 Å². The molecule has 0 atom stereocenters. The Balaban J connectivity index is 1.61. The van der Waals surface area contributed by atoms with Gasteiger partial charge in [0, 0.05) is 11.1 Å². The number of nitrogens with one attached hydrogen (secondary N) is 1. The van der Waals surface area contributed by atoms with Crippen LogP contribution in [0, 0.1) is 0 Å². The fourth-order valence-electron chi connectivity index (χ4n) is 2.76. The average molecular weight is 403 g/mol. The van der Waals surface area contributed by atoms with Crippen molar-refractivity contribution in [2.24, 2.45) is 5.84 Å². The third-order valence-electron chi connectivity index (χ3n) is 4.31. The number of anilines is 1. The van der Waals surface area contributed by atoms with Gasteiger partial charge >= 0.3 is 6.09 Å². The zero-order valence-corrected chi connectivity index (χ0v) is 16.2. The summed E-state index contributed by atoms with van der Waals surface area (Å²) in [7, 11) is 0. The van der Waals surface area contributed by atoms with Crippen molar-refractivity contribution in [1.82, 2.24) is 5.32 Å². The zero-order chi connectivity index (χ0) is 21.3. The van der Waals surface area contributed by atoms with E-state index in [0.29, 0.717) is 5.56 Å². The lowest BCUT2D eigenvalue weighted by Crippen LogP contribution is -2.45. The lowest BCUT2D eigenvalue weighted by atomic mass is 10.0. The van der Waals surface area contributed by atoms with Gasteiger partial charge in [-0.1, -0.05) is 72.8 Å². The number of nitrogens with zero attached hydrogens (tertiary/aromatic N) is 1. The molecule has 3 aromatic carbocycles. The van der Waals surface area contributed by atoms with Crippen LogP contribution in [0.2, 0.25) is 0 Å². The highest BCUT2D eigenvalue weighted by Crippen LogP contribution is 2.21. The Morgan fingerprint density at radius 3 is 2.13 bits per heavy atom. The highest BCUT2D eigenvalue weighted by Gasteiger charge is 2.20. The first-order valence-corrected chi connectivity index (χ1v) is 9.27. The number of hydrazine groups is 1. The molecule has 0 spiro atoms. The molecular formula is C23H21N3O4. The van der Waals surface area contributed by atoms with Crippen molar-refractivity contribution in [3.05, 3.63) is 102 Å². The predicted octanol–water partition coefficient (Wildman–Crippen LogP) is 3.05. The Hall–Kier alpha value is -3.97. The molecule has 0 radical (unpaired) electrons. The molecular weight excluding hydrogens is 382 g/mol. The number of hydrogen-bond acceptors (Lipinski definition) is 5. The first-order valence-electron chi connectivity index (χ1n) is 9.27. The molecule has 0 saturated heterocycles. The lowest BCUT2D eigenvalue weighted by molar-refractivity contribution is -0.117. The summed E-state index contributed by atoms with van der Waals surface area (Å²) in [4.78, 5) is 37.1. The molecule has 0 unspecified atom stereocenters. The summed E-state index contributed by atoms with van der Waals surface area (Å²) in [6.45, 7) is -0.292. The molecule has 7 nitrogen and oxygen atoms in total. The Morgan fingerprint density at radius 1 is 0.833 bits per heavy atom. The van der Waals surface area contributed by atoms with Gasteiger partial charge in [-0.2, -0.15) is 0 Å². The van der Waals surface area contributed by atoms with Crippen molar-refractivity contribution in [2.75, 3.05) is 11.6 Å². The fraction of sp³-hybridized carbons (Fsp3) is 0.0870. The molecule has 3 aromatic rings. The molecule has 0 heterocycles. The Kier molecular flexibility index (Phi) is 6.91. The summed E-state index contributed by atoms with van der Waals surface area (Å²) in [6.07, 6.45) is -0.741. The molecule has 0 aliphatic rings. The molecule has 0 fully saturated rings. The van der Waals surface area contributed by atoms with E-state index in [1.165, 1.54) is 0 Å². The van der Waals surface area contributed by atoms with E-state index in [0.717, 1.165) is 10.6 Å². The molecule has 152 valence electrons. The number of benzene rings is 3. The third kappa shape index (κ3) is 5.30. The fourth-order valence-corrected chi connectivity index (χ4v) is 2.76. The van der Waals surface area contributed by atoms with E-state index in [1.807, 2.05) is 36.4 Å². The van der Waals surface area contributed by atoms with Crippen LogP contribution < -0.4 is 16.2 Å². The number of alkyl carbamates (subject to hydrolysis) is 1. The van der Waals surface area contributed by atoms with Crippen LogP contribution in [0.4, 0.5) is 10.5 Å². The number of para-hydroxylation sites is 1. The van der Waals surface area contributed by atoms with Crippen molar-refractivity contribution in [3.63, 3.8) is 0 Å². The lowest BCUT2D eigenvalue weighted by Gasteiger charge is -2.20. The summed E-state index contributed by atoms with van der Waals surface area (Å²) in [5, 5.41) is 3.22. The third-order valence-corrected chi connectivity index (χ3v) is 4.31. The van der Waals surface area contributed by atoms with Crippen molar-refractivity contribution < 1.29 is 19.1 Å². The maximum absolute atomic E-state index is 12.8. The Labute approximate surface area is 174 Å². The minimum absolute atomic E-state index is 0.0849. The van der Waals surface area contributed by atoms with E-state index >= 15 is 0 Å². The van der Waals surface area contributed by atoms with Gasteiger partial charge in [-0.25, -0.2) is 15.6 Å². The molecule has 0 aliphatic heterocycles. The van der Waals surface area contributed by atoms with Crippen molar-refractivity contribution >= 4 is 23.5 Å². The standard InChI is InChI=1S/C23H21N3O4/c24-26(21(27)15-25-23(29)30-16-17-9-3-1-4-10-17)20-14-8-7-13-19(20)22(28)18-11-5-2-6-12-18/h1-14H,15-16,24H2,(H,25,29). The second kappa shape index (κ2) is 9.99. The zero-order valence-electron chi connectivity index (χ0n) is 16.2. The summed E-state index contributed by atoms with van der Waals surface area (Å²) in [6, 6.07) is 24.4. The number of nitrogens with two attached hydrogens (primary N) is 1. The maximum Gasteiger partial charge on any atom is 0.407 e. The Bertz CT molecular complexity index is 1020. The van der Waals surface area contributed by atoms with E-state index < -0.39 is 12.0 Å². The normalized spacial score (nSPS) is 10.2. The monoisotopic (exact) mass is 403 g/mol. The summed E-state index contributed by atoms with van der Waals surface area (Å²) < 4.78 is 5.07. The van der Waals surface area contributed by atoms with Crippen LogP contribution in [0.15, 0.2) is 84.9 Å². The smallest absolute Gasteiger partial charge is 0.407 e. The highest BCUT2D eigenvalue weighted by molar-refractivity contribution is 6.14. The molecule has 0 saturated carbocycles. The SMILES string of the molecule is NN(C(=O)CNC(=O)OCc1ccccc1)c1ccccc1C(=O)c1ccccc1. The van der Waals surface area contributed by atoms with E-state index in [2.05, 4.69) is 5.32 Å². The summed E-state index contributed by atoms with van der Waals surface area (Å²) in [5.74, 6) is 5.09. The highest BCUT2D eigenvalue weighted by atomic mass is 16.5. The molecule has 3 N–H and O–H groups in total. The maximum atomic E-state index is 12.8. The number of hydrogen-bond donors (Lipinski definition) is 2. The van der Waals surface area contributed by atoms with E-state index in [9.17, 15) is 14.4 Å². The topological polar surface area (TPSA) is 102 Å². The Morgan fingerprint density at radius 2 is 1.43 bits per heavy atom. The average Bonchev–Trinajstić information content (AvgIpc) is 2.81. The minimum atomic E-state index is -0.741. The van der Waals surface area contributed by atoms with E-state index in [4.69, 9.17) is 10.6 Å². The number of carbonyl (C=O) groups excluding carboxylic acids is 3. The van der Waals surface area contributed by atoms with Crippen molar-refractivity contribution in [1.29, 1.82) is 0 Å². The molecule has 30 heavy (non-hydrogen) atoms. The molecule has 0 aromatic heterocycles. The van der Waals surface area contributed by atoms with Crippen LogP contribution >= 0.6 is 0 Å². The van der Waals surface area contributed by atoms with E-state index in [1.54, 1.807) is 48.5 Å². The molecule has 3 rings (SSSR count). The van der Waals surface area contributed by atoms with Crippen molar-refractivity contribution in [3.8, 4) is 0 Å². The first-order chi connectivity index (χ1) is 14.6. The number of ether oxygens (including phenoxy) is 1. The molecule has 0 aliphatic carbocycles. The molecule has 2 amide bonds. The largest absolute Gasteiger partial charge is 0.445 e. The second-order valence-electron chi connectivity index (χ2n) is 6.39. The van der Waals surface area contributed by atoms with Crippen LogP contribution in [0.1, 0.15) is 21.5 Å². The number of rotatable bonds is 7. The van der Waals surface area contributed by atoms with Gasteiger partial charge in [0.25, 0.3) is 5.91 Å². The molecule has 0 bridgehead atoms. The van der Waals surface area contributed by atoms with Crippen LogP contribution in [0.5, 0.6) is 0 Å². The van der Waals surface area contributed by atoms with Gasteiger partial charge in [0.15, 0.2) is 5.78 Å². The number of amides is 2. The van der Waals surface area contributed by atoms with Gasteiger partial charge in [-0.3, -0.25) is 9.59 Å². The predicted molar refractivity (Wildman–Crippen MR) is 113 cm³/mol. The van der Waals surface area contributed by atoms with Crippen LogP contribution in [-0.2, 0) is 16.1 Å². The quantitative estimate of drug-likeness (QED) is 0.273. The van der Waals surface area contributed by atoms with Crippen LogP contribution in [0.25, 0.3) is 0 Å². The molecule has 7 heteroatoms. The van der Waals surface area contributed by atoms with Gasteiger partial charge in [0.1, 0.15) is 13.2 Å². The second-order valence-corrected chi connectivity index (χ2v) is 6.39.